The van der Waals surface area contributed by atoms with E-state index in [0.29, 0.717) is 11.7 Å². The second-order valence-electron chi connectivity index (χ2n) is 4.87. The molecule has 1 saturated carbocycles. The molecule has 2 nitrogen and oxygen atoms in total. The molecule has 0 N–H and O–H groups in total. The van der Waals surface area contributed by atoms with Gasteiger partial charge in [0, 0.05) is 6.42 Å². The topological polar surface area (TPSA) is 20.3 Å². The van der Waals surface area contributed by atoms with Gasteiger partial charge in [-0.25, -0.2) is 0 Å². The van der Waals surface area contributed by atoms with Crippen LogP contribution in [-0.4, -0.2) is 29.3 Å². The van der Waals surface area contributed by atoms with E-state index in [1.54, 1.807) is 0 Å². The van der Waals surface area contributed by atoms with Crippen LogP contribution >= 0.6 is 0 Å². The van der Waals surface area contributed by atoms with Crippen molar-refractivity contribution in [3.8, 4) is 0 Å². The lowest BCUT2D eigenvalue weighted by molar-refractivity contribution is -0.130. The zero-order valence-electron chi connectivity index (χ0n) is 10.7. The molecule has 15 heavy (non-hydrogen) atoms. The van der Waals surface area contributed by atoms with Gasteiger partial charge in [0.15, 0.2) is 5.78 Å². The zero-order chi connectivity index (χ0) is 11.5. The molecule has 1 unspecified atom stereocenters. The van der Waals surface area contributed by atoms with Crippen molar-refractivity contribution < 1.29 is 4.79 Å². The Morgan fingerprint density at radius 3 is 2.13 bits per heavy atom. The Bertz CT molecular complexity index is 219. The van der Waals surface area contributed by atoms with Gasteiger partial charge >= 0.3 is 0 Å². The third-order valence-corrected chi connectivity index (χ3v) is 3.92. The van der Waals surface area contributed by atoms with Crippen LogP contribution < -0.4 is 0 Å². The average molecular weight is 211 g/mol. The van der Waals surface area contributed by atoms with E-state index in [0.717, 1.165) is 25.9 Å². The van der Waals surface area contributed by atoms with Crippen LogP contribution in [-0.2, 0) is 4.79 Å². The van der Waals surface area contributed by atoms with Crippen molar-refractivity contribution >= 4 is 5.78 Å². The van der Waals surface area contributed by atoms with Crippen molar-refractivity contribution in [2.24, 2.45) is 5.92 Å². The molecule has 1 aliphatic carbocycles. The van der Waals surface area contributed by atoms with Gasteiger partial charge in [-0.05, 0) is 45.2 Å². The molecule has 0 spiro atoms. The first-order valence-electron chi connectivity index (χ1n) is 6.36. The Morgan fingerprint density at radius 1 is 1.27 bits per heavy atom. The summed E-state index contributed by atoms with van der Waals surface area (Å²) in [5, 5.41) is 0. The minimum atomic E-state index is -0.216. The Morgan fingerprint density at radius 2 is 1.80 bits per heavy atom. The van der Waals surface area contributed by atoms with Crippen molar-refractivity contribution in [3.05, 3.63) is 0 Å². The molecule has 0 radical (unpaired) electrons. The summed E-state index contributed by atoms with van der Waals surface area (Å²) in [5.41, 5.74) is -0.216. The number of likely N-dealkylation sites (N-methyl/N-ethyl adjacent to an activating group) is 1. The molecule has 0 aromatic heterocycles. The molecular weight excluding hydrogens is 186 g/mol. The van der Waals surface area contributed by atoms with Crippen molar-refractivity contribution in [2.45, 2.75) is 58.9 Å². The van der Waals surface area contributed by atoms with Gasteiger partial charge in [-0.15, -0.1) is 0 Å². The van der Waals surface area contributed by atoms with Gasteiger partial charge in [-0.3, -0.25) is 9.69 Å². The largest absolute Gasteiger partial charge is 0.298 e. The van der Waals surface area contributed by atoms with E-state index in [2.05, 4.69) is 32.6 Å². The van der Waals surface area contributed by atoms with E-state index in [-0.39, 0.29) is 5.54 Å². The molecular formula is C13H25NO. The highest BCUT2D eigenvalue weighted by Gasteiger charge is 2.38. The van der Waals surface area contributed by atoms with Crippen molar-refractivity contribution in [3.63, 3.8) is 0 Å². The molecule has 1 atom stereocenters. The first-order chi connectivity index (χ1) is 7.08. The summed E-state index contributed by atoms with van der Waals surface area (Å²) < 4.78 is 0. The minimum absolute atomic E-state index is 0.216. The van der Waals surface area contributed by atoms with E-state index in [1.165, 1.54) is 12.8 Å². The van der Waals surface area contributed by atoms with Crippen LogP contribution in [0.3, 0.4) is 0 Å². The van der Waals surface area contributed by atoms with E-state index >= 15 is 0 Å². The minimum Gasteiger partial charge on any atom is -0.298 e. The zero-order valence-corrected chi connectivity index (χ0v) is 10.7. The lowest BCUT2D eigenvalue weighted by Crippen LogP contribution is -2.52. The number of hydrogen-bond donors (Lipinski definition) is 0. The van der Waals surface area contributed by atoms with Crippen LogP contribution in [0.2, 0.25) is 0 Å². The summed E-state index contributed by atoms with van der Waals surface area (Å²) in [4.78, 5) is 14.6. The van der Waals surface area contributed by atoms with E-state index in [1.807, 2.05) is 0 Å². The SMILES string of the molecule is CCN(CC)C(C)(CC)C(=O)CC1CC1. The standard InChI is InChI=1S/C13H25NO/c1-5-13(4,14(6-2)7-3)12(15)10-11-8-9-11/h11H,5-10H2,1-4H3. The third-order valence-electron chi connectivity index (χ3n) is 3.92. The maximum atomic E-state index is 12.3. The van der Waals surface area contributed by atoms with Crippen LogP contribution in [0.5, 0.6) is 0 Å². The molecule has 0 aromatic carbocycles. The van der Waals surface area contributed by atoms with Crippen LogP contribution in [0, 0.1) is 5.92 Å². The smallest absolute Gasteiger partial charge is 0.153 e. The van der Waals surface area contributed by atoms with Crippen molar-refractivity contribution in [1.29, 1.82) is 0 Å². The molecule has 0 bridgehead atoms. The Hall–Kier alpha value is -0.370. The highest BCUT2D eigenvalue weighted by Crippen LogP contribution is 2.35. The van der Waals surface area contributed by atoms with Gasteiger partial charge in [0.25, 0.3) is 0 Å². The highest BCUT2D eigenvalue weighted by molar-refractivity contribution is 5.88. The molecule has 1 fully saturated rings. The van der Waals surface area contributed by atoms with Gasteiger partial charge in [-0.2, -0.15) is 0 Å². The lowest BCUT2D eigenvalue weighted by Gasteiger charge is -2.38. The normalized spacial score (nSPS) is 20.3. The van der Waals surface area contributed by atoms with Crippen LogP contribution in [0.15, 0.2) is 0 Å². The molecule has 2 heteroatoms. The predicted molar refractivity (Wildman–Crippen MR) is 64.0 cm³/mol. The maximum absolute atomic E-state index is 12.3. The number of carbonyl (C=O) groups is 1. The number of ketones is 1. The van der Waals surface area contributed by atoms with E-state index in [4.69, 9.17) is 0 Å². The van der Waals surface area contributed by atoms with Crippen LogP contribution in [0.1, 0.15) is 53.4 Å². The summed E-state index contributed by atoms with van der Waals surface area (Å²) in [6, 6.07) is 0. The number of nitrogens with zero attached hydrogens (tertiary/aromatic N) is 1. The van der Waals surface area contributed by atoms with Gasteiger partial charge in [0.2, 0.25) is 0 Å². The van der Waals surface area contributed by atoms with E-state index in [9.17, 15) is 4.79 Å². The second-order valence-corrected chi connectivity index (χ2v) is 4.87. The molecule has 0 aliphatic heterocycles. The Kier molecular flexibility index (Phi) is 4.32. The summed E-state index contributed by atoms with van der Waals surface area (Å²) in [6.07, 6.45) is 4.27. The maximum Gasteiger partial charge on any atom is 0.153 e. The molecule has 1 aliphatic rings. The van der Waals surface area contributed by atoms with E-state index < -0.39 is 0 Å². The summed E-state index contributed by atoms with van der Waals surface area (Å²) in [7, 11) is 0. The van der Waals surface area contributed by atoms with Gasteiger partial charge in [-0.1, -0.05) is 20.8 Å². The quantitative estimate of drug-likeness (QED) is 0.645. The predicted octanol–water partition coefficient (Wildman–Crippen LogP) is 2.87. The average Bonchev–Trinajstić information content (AvgIpc) is 3.02. The van der Waals surface area contributed by atoms with Crippen molar-refractivity contribution in [1.82, 2.24) is 4.90 Å². The first-order valence-corrected chi connectivity index (χ1v) is 6.36. The lowest BCUT2D eigenvalue weighted by atomic mass is 9.88. The number of rotatable bonds is 7. The fourth-order valence-electron chi connectivity index (χ4n) is 2.32. The fraction of sp³-hybridized carbons (Fsp3) is 0.923. The third kappa shape index (κ3) is 2.81. The number of carbonyl (C=O) groups excluding carboxylic acids is 1. The molecule has 1 rings (SSSR count). The summed E-state index contributed by atoms with van der Waals surface area (Å²) in [5.74, 6) is 1.16. The highest BCUT2D eigenvalue weighted by atomic mass is 16.1. The monoisotopic (exact) mass is 211 g/mol. The van der Waals surface area contributed by atoms with Crippen LogP contribution in [0.25, 0.3) is 0 Å². The van der Waals surface area contributed by atoms with Crippen LogP contribution in [0.4, 0.5) is 0 Å². The summed E-state index contributed by atoms with van der Waals surface area (Å²) >= 11 is 0. The molecule has 0 heterocycles. The van der Waals surface area contributed by atoms with Gasteiger partial charge < -0.3 is 0 Å². The number of hydrogen-bond acceptors (Lipinski definition) is 2. The molecule has 88 valence electrons. The first kappa shape index (κ1) is 12.7. The van der Waals surface area contributed by atoms with Gasteiger partial charge in [0.1, 0.15) is 0 Å². The molecule has 0 amide bonds. The second kappa shape index (κ2) is 5.11. The fourth-order valence-corrected chi connectivity index (χ4v) is 2.32. The Labute approximate surface area is 94.0 Å². The Balaban J connectivity index is 2.66. The molecule has 0 saturated heterocycles. The molecule has 0 aromatic rings. The number of Topliss-reactive ketones (excluding diaryl/α,β-unsaturated/α-hetero) is 1. The summed E-state index contributed by atoms with van der Waals surface area (Å²) in [6.45, 7) is 10.5. The van der Waals surface area contributed by atoms with Crippen molar-refractivity contribution in [2.75, 3.05) is 13.1 Å². The van der Waals surface area contributed by atoms with Gasteiger partial charge in [0.05, 0.1) is 5.54 Å².